The number of thiophene rings is 1. The monoisotopic (exact) mass is 272 g/mol. The van der Waals surface area contributed by atoms with Gasteiger partial charge >= 0.3 is 6.03 Å². The molecule has 1 fully saturated rings. The van der Waals surface area contributed by atoms with Gasteiger partial charge in [0.2, 0.25) is 0 Å². The van der Waals surface area contributed by atoms with Crippen molar-refractivity contribution in [3.63, 3.8) is 0 Å². The lowest BCUT2D eigenvalue weighted by Crippen LogP contribution is -2.36. The maximum Gasteiger partial charge on any atom is 0.315 e. The Morgan fingerprint density at radius 1 is 1.21 bits per heavy atom. The Balaban J connectivity index is 1.44. The van der Waals surface area contributed by atoms with Crippen molar-refractivity contribution in [1.82, 2.24) is 10.6 Å². The van der Waals surface area contributed by atoms with E-state index in [9.17, 15) is 4.79 Å². The number of carbonyl (C=O) groups excluding carboxylic acids is 1. The van der Waals surface area contributed by atoms with Crippen LogP contribution in [0.2, 0.25) is 0 Å². The lowest BCUT2D eigenvalue weighted by atomic mass is 10.1. The average Bonchev–Trinajstić information content (AvgIpc) is 3.00. The summed E-state index contributed by atoms with van der Waals surface area (Å²) in [4.78, 5) is 12.9. The minimum Gasteiger partial charge on any atom is -0.335 e. The maximum absolute atomic E-state index is 11.7. The first kappa shape index (κ1) is 12.2. The summed E-state index contributed by atoms with van der Waals surface area (Å²) >= 11 is 1.65. The van der Waals surface area contributed by atoms with E-state index >= 15 is 0 Å². The Hall–Kier alpha value is -1.81. The molecule has 0 radical (unpaired) electrons. The Morgan fingerprint density at radius 3 is 2.79 bits per heavy atom. The summed E-state index contributed by atoms with van der Waals surface area (Å²) in [5.41, 5.74) is 1.31. The van der Waals surface area contributed by atoms with Crippen LogP contribution in [-0.4, -0.2) is 12.1 Å². The van der Waals surface area contributed by atoms with Crippen LogP contribution in [0.5, 0.6) is 0 Å². The average molecular weight is 272 g/mol. The van der Waals surface area contributed by atoms with Gasteiger partial charge in [0.1, 0.15) is 0 Å². The highest BCUT2D eigenvalue weighted by atomic mass is 32.1. The van der Waals surface area contributed by atoms with Crippen molar-refractivity contribution in [2.75, 3.05) is 0 Å². The normalized spacial score (nSPS) is 20.8. The molecule has 19 heavy (non-hydrogen) atoms. The predicted molar refractivity (Wildman–Crippen MR) is 77.3 cm³/mol. The van der Waals surface area contributed by atoms with Gasteiger partial charge in [-0.25, -0.2) is 4.79 Å². The van der Waals surface area contributed by atoms with Gasteiger partial charge in [0, 0.05) is 16.8 Å². The van der Waals surface area contributed by atoms with Crippen molar-refractivity contribution in [1.29, 1.82) is 0 Å². The van der Waals surface area contributed by atoms with Crippen molar-refractivity contribution in [3.05, 3.63) is 58.3 Å². The van der Waals surface area contributed by atoms with Crippen LogP contribution in [-0.2, 0) is 6.54 Å². The molecule has 1 aliphatic rings. The van der Waals surface area contributed by atoms with Crippen molar-refractivity contribution >= 4 is 17.4 Å². The van der Waals surface area contributed by atoms with Gasteiger partial charge in [0.15, 0.2) is 0 Å². The van der Waals surface area contributed by atoms with Gasteiger partial charge in [-0.2, -0.15) is 0 Å². The minimum absolute atomic E-state index is 0.0724. The summed E-state index contributed by atoms with van der Waals surface area (Å²) in [7, 11) is 0. The van der Waals surface area contributed by atoms with E-state index in [1.165, 1.54) is 10.4 Å². The molecule has 0 saturated heterocycles. The third kappa shape index (κ3) is 3.15. The molecular weight excluding hydrogens is 256 g/mol. The smallest absolute Gasteiger partial charge is 0.315 e. The highest BCUT2D eigenvalue weighted by molar-refractivity contribution is 7.09. The first-order valence-electron chi connectivity index (χ1n) is 6.44. The summed E-state index contributed by atoms with van der Waals surface area (Å²) in [5.74, 6) is 0.480. The van der Waals surface area contributed by atoms with Gasteiger partial charge in [-0.3, -0.25) is 0 Å². The van der Waals surface area contributed by atoms with Crippen LogP contribution in [0.1, 0.15) is 22.8 Å². The minimum atomic E-state index is -0.0724. The molecule has 2 amide bonds. The second-order valence-corrected chi connectivity index (χ2v) is 5.80. The van der Waals surface area contributed by atoms with Gasteiger partial charge in [0.25, 0.3) is 0 Å². The summed E-state index contributed by atoms with van der Waals surface area (Å²) in [6.45, 7) is 0.603. The molecular formula is C15H16N2OS. The van der Waals surface area contributed by atoms with Gasteiger partial charge in [-0.15, -0.1) is 11.3 Å². The second kappa shape index (κ2) is 5.45. The lowest BCUT2D eigenvalue weighted by Gasteiger charge is -2.06. The lowest BCUT2D eigenvalue weighted by molar-refractivity contribution is 0.240. The van der Waals surface area contributed by atoms with Gasteiger partial charge < -0.3 is 10.6 Å². The summed E-state index contributed by atoms with van der Waals surface area (Å²) in [5, 5.41) is 7.92. The van der Waals surface area contributed by atoms with Crippen LogP contribution in [0, 0.1) is 0 Å². The van der Waals surface area contributed by atoms with E-state index in [-0.39, 0.29) is 12.1 Å². The van der Waals surface area contributed by atoms with E-state index in [1.54, 1.807) is 11.3 Å². The van der Waals surface area contributed by atoms with Crippen LogP contribution in [0.3, 0.4) is 0 Å². The Labute approximate surface area is 116 Å². The van der Waals surface area contributed by atoms with Gasteiger partial charge in [-0.1, -0.05) is 36.4 Å². The number of urea groups is 1. The van der Waals surface area contributed by atoms with Crippen LogP contribution in [0.15, 0.2) is 47.8 Å². The van der Waals surface area contributed by atoms with Crippen LogP contribution in [0.4, 0.5) is 4.79 Å². The first-order valence-corrected chi connectivity index (χ1v) is 7.32. The maximum atomic E-state index is 11.7. The van der Waals surface area contributed by atoms with Crippen molar-refractivity contribution in [2.45, 2.75) is 24.9 Å². The molecule has 1 aromatic carbocycles. The van der Waals surface area contributed by atoms with Crippen LogP contribution >= 0.6 is 11.3 Å². The molecule has 0 aliphatic heterocycles. The first-order chi connectivity index (χ1) is 9.33. The van der Waals surface area contributed by atoms with Crippen LogP contribution < -0.4 is 10.6 Å². The zero-order chi connectivity index (χ0) is 13.1. The zero-order valence-electron chi connectivity index (χ0n) is 10.5. The molecule has 1 aromatic heterocycles. The fourth-order valence-electron chi connectivity index (χ4n) is 2.22. The molecule has 1 aliphatic carbocycles. The third-order valence-corrected chi connectivity index (χ3v) is 4.21. The standard InChI is InChI=1S/C15H16N2OS/c18-15(16-10-12-7-4-8-19-12)17-14-9-13(14)11-5-2-1-3-6-11/h1-8,13-14H,9-10H2,(H2,16,17,18). The van der Waals surface area contributed by atoms with E-state index in [2.05, 4.69) is 22.8 Å². The number of nitrogens with one attached hydrogen (secondary N) is 2. The molecule has 1 heterocycles. The van der Waals surface area contributed by atoms with E-state index in [0.717, 1.165) is 6.42 Å². The van der Waals surface area contributed by atoms with Crippen molar-refractivity contribution in [3.8, 4) is 0 Å². The molecule has 2 aromatic rings. The van der Waals surface area contributed by atoms with Crippen molar-refractivity contribution in [2.24, 2.45) is 0 Å². The third-order valence-electron chi connectivity index (χ3n) is 3.34. The van der Waals surface area contributed by atoms with E-state index < -0.39 is 0 Å². The Bertz CT molecular complexity index is 539. The highest BCUT2D eigenvalue weighted by Crippen LogP contribution is 2.40. The molecule has 3 rings (SSSR count). The molecule has 0 bridgehead atoms. The van der Waals surface area contributed by atoms with E-state index in [0.29, 0.717) is 12.5 Å². The highest BCUT2D eigenvalue weighted by Gasteiger charge is 2.39. The van der Waals surface area contributed by atoms with Crippen molar-refractivity contribution < 1.29 is 4.79 Å². The van der Waals surface area contributed by atoms with Gasteiger partial charge in [0.05, 0.1) is 6.54 Å². The quantitative estimate of drug-likeness (QED) is 0.882. The molecule has 1 saturated carbocycles. The number of hydrogen-bond donors (Lipinski definition) is 2. The fourth-order valence-corrected chi connectivity index (χ4v) is 2.87. The summed E-state index contributed by atoms with van der Waals surface area (Å²) in [6, 6.07) is 14.6. The molecule has 3 nitrogen and oxygen atoms in total. The van der Waals surface area contributed by atoms with E-state index in [4.69, 9.17) is 0 Å². The van der Waals surface area contributed by atoms with Gasteiger partial charge in [-0.05, 0) is 23.4 Å². The fraction of sp³-hybridized carbons (Fsp3) is 0.267. The molecule has 2 atom stereocenters. The predicted octanol–water partition coefficient (Wildman–Crippen LogP) is 3.10. The molecule has 0 spiro atoms. The number of rotatable bonds is 4. The van der Waals surface area contributed by atoms with E-state index in [1.807, 2.05) is 35.7 Å². The SMILES string of the molecule is O=C(NCc1cccs1)NC1CC1c1ccccc1. The molecule has 2 N–H and O–H groups in total. The Kier molecular flexibility index (Phi) is 3.51. The second-order valence-electron chi connectivity index (χ2n) is 4.77. The topological polar surface area (TPSA) is 41.1 Å². The molecule has 4 heteroatoms. The molecule has 2 unspecified atom stereocenters. The number of benzene rings is 1. The van der Waals surface area contributed by atoms with Crippen LogP contribution in [0.25, 0.3) is 0 Å². The number of hydrogen-bond acceptors (Lipinski definition) is 2. The number of amides is 2. The Morgan fingerprint density at radius 2 is 2.05 bits per heavy atom. The molecule has 98 valence electrons. The zero-order valence-corrected chi connectivity index (χ0v) is 11.3. The number of carbonyl (C=O) groups is 1. The summed E-state index contributed by atoms with van der Waals surface area (Å²) in [6.07, 6.45) is 1.04. The summed E-state index contributed by atoms with van der Waals surface area (Å²) < 4.78 is 0. The largest absolute Gasteiger partial charge is 0.335 e.